The second-order valence-electron chi connectivity index (χ2n) is 7.58. The summed E-state index contributed by atoms with van der Waals surface area (Å²) in [7, 11) is 0. The number of rotatable bonds is 3. The van der Waals surface area contributed by atoms with E-state index in [0.29, 0.717) is 19.0 Å². The fourth-order valence-corrected chi connectivity index (χ4v) is 5.11. The third kappa shape index (κ3) is 3.41. The molecule has 6 heteroatoms. The van der Waals surface area contributed by atoms with Crippen LogP contribution in [-0.2, 0) is 9.59 Å². The van der Waals surface area contributed by atoms with Crippen molar-refractivity contribution in [3.63, 3.8) is 0 Å². The zero-order chi connectivity index (χ0) is 18.1. The SMILES string of the molecule is O=C(C1CCN(c2ccccc2Br)C1=O)N1CCN(C2CCCC2)CC1. The van der Waals surface area contributed by atoms with Crippen molar-refractivity contribution in [3.8, 4) is 0 Å². The summed E-state index contributed by atoms with van der Waals surface area (Å²) in [5, 5.41) is 0. The Bertz CT molecular complexity index is 681. The van der Waals surface area contributed by atoms with Crippen LogP contribution in [0.25, 0.3) is 0 Å². The van der Waals surface area contributed by atoms with Crippen LogP contribution in [0.5, 0.6) is 0 Å². The lowest BCUT2D eigenvalue weighted by atomic mass is 10.1. The van der Waals surface area contributed by atoms with Crippen LogP contribution < -0.4 is 4.90 Å². The van der Waals surface area contributed by atoms with Crippen molar-refractivity contribution in [1.29, 1.82) is 0 Å². The Morgan fingerprint density at radius 1 is 0.962 bits per heavy atom. The predicted molar refractivity (Wildman–Crippen MR) is 105 cm³/mol. The van der Waals surface area contributed by atoms with Crippen LogP contribution in [0.2, 0.25) is 0 Å². The molecule has 2 saturated heterocycles. The normalized spacial score (nSPS) is 25.3. The maximum Gasteiger partial charge on any atom is 0.239 e. The molecule has 5 nitrogen and oxygen atoms in total. The second-order valence-corrected chi connectivity index (χ2v) is 8.44. The van der Waals surface area contributed by atoms with Gasteiger partial charge in [0.1, 0.15) is 5.92 Å². The topological polar surface area (TPSA) is 43.9 Å². The molecule has 2 aliphatic heterocycles. The van der Waals surface area contributed by atoms with Crippen molar-refractivity contribution in [2.45, 2.75) is 38.1 Å². The first-order chi connectivity index (χ1) is 12.6. The van der Waals surface area contributed by atoms with Gasteiger partial charge in [0, 0.05) is 43.2 Å². The molecule has 140 valence electrons. The van der Waals surface area contributed by atoms with E-state index in [0.717, 1.165) is 36.3 Å². The van der Waals surface area contributed by atoms with Gasteiger partial charge in [-0.25, -0.2) is 0 Å². The largest absolute Gasteiger partial charge is 0.339 e. The smallest absolute Gasteiger partial charge is 0.239 e. The summed E-state index contributed by atoms with van der Waals surface area (Å²) in [5.74, 6) is -0.545. The first-order valence-corrected chi connectivity index (χ1v) is 10.5. The molecule has 0 bridgehead atoms. The number of para-hydroxylation sites is 1. The highest BCUT2D eigenvalue weighted by Gasteiger charge is 2.41. The van der Waals surface area contributed by atoms with E-state index in [2.05, 4.69) is 20.8 Å². The van der Waals surface area contributed by atoms with Gasteiger partial charge in [0.05, 0.1) is 5.69 Å². The molecule has 2 heterocycles. The molecule has 1 saturated carbocycles. The highest BCUT2D eigenvalue weighted by molar-refractivity contribution is 9.10. The average Bonchev–Trinajstić information content (AvgIpc) is 3.32. The van der Waals surface area contributed by atoms with Crippen LogP contribution in [0, 0.1) is 5.92 Å². The lowest BCUT2D eigenvalue weighted by Crippen LogP contribution is -2.53. The van der Waals surface area contributed by atoms with Gasteiger partial charge in [-0.3, -0.25) is 14.5 Å². The van der Waals surface area contributed by atoms with Gasteiger partial charge in [-0.2, -0.15) is 0 Å². The van der Waals surface area contributed by atoms with Crippen molar-refractivity contribution >= 4 is 33.4 Å². The molecule has 2 amide bonds. The summed E-state index contributed by atoms with van der Waals surface area (Å²) in [5.41, 5.74) is 0.860. The fourth-order valence-electron chi connectivity index (χ4n) is 4.62. The van der Waals surface area contributed by atoms with Gasteiger partial charge in [-0.1, -0.05) is 25.0 Å². The zero-order valence-electron chi connectivity index (χ0n) is 15.1. The first-order valence-electron chi connectivity index (χ1n) is 9.74. The Hall–Kier alpha value is -1.40. The van der Waals surface area contributed by atoms with Crippen LogP contribution >= 0.6 is 15.9 Å². The summed E-state index contributed by atoms with van der Waals surface area (Å²) in [6.07, 6.45) is 5.89. The first kappa shape index (κ1) is 18.0. The second kappa shape index (κ2) is 7.69. The fraction of sp³-hybridized carbons (Fsp3) is 0.600. The molecular formula is C20H26BrN3O2. The van der Waals surface area contributed by atoms with Crippen molar-refractivity contribution in [1.82, 2.24) is 9.80 Å². The third-order valence-corrected chi connectivity index (χ3v) is 6.78. The van der Waals surface area contributed by atoms with E-state index in [-0.39, 0.29) is 11.8 Å². The number of anilines is 1. The quantitative estimate of drug-likeness (QED) is 0.707. The molecule has 0 radical (unpaired) electrons. The van der Waals surface area contributed by atoms with Crippen LogP contribution in [0.15, 0.2) is 28.7 Å². The number of carbonyl (C=O) groups excluding carboxylic acids is 2. The third-order valence-electron chi connectivity index (χ3n) is 6.11. The molecule has 1 atom stereocenters. The Labute approximate surface area is 163 Å². The molecule has 3 fully saturated rings. The monoisotopic (exact) mass is 419 g/mol. The number of nitrogens with zero attached hydrogens (tertiary/aromatic N) is 3. The lowest BCUT2D eigenvalue weighted by molar-refractivity contribution is -0.141. The minimum atomic E-state index is -0.514. The van der Waals surface area contributed by atoms with Crippen LogP contribution in [-0.4, -0.2) is 60.4 Å². The molecule has 1 aromatic rings. The molecular weight excluding hydrogens is 394 g/mol. The molecule has 26 heavy (non-hydrogen) atoms. The molecule has 4 rings (SSSR count). The molecule has 1 aromatic carbocycles. The van der Waals surface area contributed by atoms with Crippen LogP contribution in [0.1, 0.15) is 32.1 Å². The lowest BCUT2D eigenvalue weighted by Gasteiger charge is -2.38. The maximum atomic E-state index is 12.9. The van der Waals surface area contributed by atoms with E-state index in [1.165, 1.54) is 25.7 Å². The summed E-state index contributed by atoms with van der Waals surface area (Å²) >= 11 is 3.51. The zero-order valence-corrected chi connectivity index (χ0v) is 16.7. The Morgan fingerprint density at radius 2 is 1.65 bits per heavy atom. The van der Waals surface area contributed by atoms with Gasteiger partial charge in [0.25, 0.3) is 0 Å². The van der Waals surface area contributed by atoms with Crippen molar-refractivity contribution < 1.29 is 9.59 Å². The van der Waals surface area contributed by atoms with E-state index in [9.17, 15) is 9.59 Å². The van der Waals surface area contributed by atoms with Gasteiger partial charge < -0.3 is 9.80 Å². The van der Waals surface area contributed by atoms with Gasteiger partial charge in [0.15, 0.2) is 0 Å². The summed E-state index contributed by atoms with van der Waals surface area (Å²) in [6, 6.07) is 8.42. The van der Waals surface area contributed by atoms with E-state index >= 15 is 0 Å². The maximum absolute atomic E-state index is 12.9. The van der Waals surface area contributed by atoms with E-state index in [4.69, 9.17) is 0 Å². The minimum Gasteiger partial charge on any atom is -0.339 e. The standard InChI is InChI=1S/C20H26BrN3O2/c21-17-7-3-4-8-18(17)24-10-9-16(20(24)26)19(25)23-13-11-22(12-14-23)15-5-1-2-6-15/h3-4,7-8,15-16H,1-2,5-6,9-14H2. The van der Waals surface area contributed by atoms with Crippen molar-refractivity contribution in [2.75, 3.05) is 37.6 Å². The van der Waals surface area contributed by atoms with Crippen molar-refractivity contribution in [3.05, 3.63) is 28.7 Å². The molecule has 3 aliphatic rings. The van der Waals surface area contributed by atoms with Gasteiger partial charge in [-0.05, 0) is 47.3 Å². The number of benzene rings is 1. The average molecular weight is 420 g/mol. The number of piperazine rings is 1. The number of halogens is 1. The highest BCUT2D eigenvalue weighted by atomic mass is 79.9. The Morgan fingerprint density at radius 3 is 2.35 bits per heavy atom. The van der Waals surface area contributed by atoms with E-state index in [1.54, 1.807) is 4.90 Å². The molecule has 0 aromatic heterocycles. The molecule has 1 aliphatic carbocycles. The van der Waals surface area contributed by atoms with Gasteiger partial charge in [-0.15, -0.1) is 0 Å². The summed E-state index contributed by atoms with van der Waals surface area (Å²) in [6.45, 7) is 4.03. The number of hydrogen-bond donors (Lipinski definition) is 0. The highest BCUT2D eigenvalue weighted by Crippen LogP contribution is 2.32. The summed E-state index contributed by atoms with van der Waals surface area (Å²) < 4.78 is 0.895. The molecule has 0 spiro atoms. The molecule has 0 N–H and O–H groups in total. The van der Waals surface area contributed by atoms with Gasteiger partial charge in [0.2, 0.25) is 11.8 Å². The van der Waals surface area contributed by atoms with E-state index < -0.39 is 5.92 Å². The minimum absolute atomic E-state index is 0.0237. The van der Waals surface area contributed by atoms with Crippen molar-refractivity contribution in [2.24, 2.45) is 5.92 Å². The number of amides is 2. The van der Waals surface area contributed by atoms with Crippen LogP contribution in [0.4, 0.5) is 5.69 Å². The Balaban J connectivity index is 1.37. The van der Waals surface area contributed by atoms with Crippen LogP contribution in [0.3, 0.4) is 0 Å². The number of carbonyl (C=O) groups is 2. The predicted octanol–water partition coefficient (Wildman–Crippen LogP) is 2.89. The Kier molecular flexibility index (Phi) is 5.32. The summed E-state index contributed by atoms with van der Waals surface area (Å²) in [4.78, 5) is 32.0. The number of hydrogen-bond acceptors (Lipinski definition) is 3. The molecule has 1 unspecified atom stereocenters. The van der Waals surface area contributed by atoms with E-state index in [1.807, 2.05) is 29.2 Å². The van der Waals surface area contributed by atoms with Gasteiger partial charge >= 0.3 is 0 Å².